The summed E-state index contributed by atoms with van der Waals surface area (Å²) in [4.78, 5) is 19.3. The average Bonchev–Trinajstić information content (AvgIpc) is 3.01. The van der Waals surface area contributed by atoms with Gasteiger partial charge in [-0.1, -0.05) is 56.1 Å². The molecule has 1 amide bonds. The van der Waals surface area contributed by atoms with E-state index in [0.717, 1.165) is 20.2 Å². The molecule has 0 spiro atoms. The van der Waals surface area contributed by atoms with Crippen LogP contribution in [0.3, 0.4) is 0 Å². The molecule has 0 saturated carbocycles. The van der Waals surface area contributed by atoms with E-state index in [1.54, 1.807) is 23.1 Å². The van der Waals surface area contributed by atoms with Crippen LogP contribution in [0.5, 0.6) is 0 Å². The zero-order chi connectivity index (χ0) is 19.7. The van der Waals surface area contributed by atoms with Crippen molar-refractivity contribution in [2.24, 2.45) is 4.99 Å². The Morgan fingerprint density at radius 3 is 2.00 bits per heavy atom. The number of anilines is 1. The molecule has 0 atom stereocenters. The third-order valence-electron chi connectivity index (χ3n) is 4.22. The van der Waals surface area contributed by atoms with Crippen LogP contribution < -0.4 is 4.90 Å². The maximum Gasteiger partial charge on any atom is 0.282 e. The normalized spacial score (nSPS) is 15.2. The minimum Gasteiger partial charge on any atom is -0.266 e. The highest BCUT2D eigenvalue weighted by atomic mass is 79.9. The van der Waals surface area contributed by atoms with E-state index in [1.807, 2.05) is 48.5 Å². The van der Waals surface area contributed by atoms with Crippen molar-refractivity contribution in [1.82, 2.24) is 0 Å². The summed E-state index contributed by atoms with van der Waals surface area (Å²) in [5.41, 5.74) is 2.55. The number of nitrogens with zero attached hydrogens (tertiary/aromatic N) is 2. The molecule has 3 aromatic rings. The molecule has 6 heteroatoms. The molecule has 0 aliphatic carbocycles. The third kappa shape index (κ3) is 3.84. The van der Waals surface area contributed by atoms with Crippen LogP contribution in [0.1, 0.15) is 11.1 Å². The fourth-order valence-electron chi connectivity index (χ4n) is 2.86. The topological polar surface area (TPSA) is 32.7 Å². The number of carbonyl (C=O) groups is 1. The number of amidine groups is 1. The minimum absolute atomic E-state index is 0.232. The van der Waals surface area contributed by atoms with Gasteiger partial charge in [0.1, 0.15) is 17.3 Å². The van der Waals surface area contributed by atoms with Gasteiger partial charge in [0, 0.05) is 14.5 Å². The lowest BCUT2D eigenvalue weighted by Gasteiger charge is -2.18. The molecule has 4 rings (SSSR count). The van der Waals surface area contributed by atoms with Crippen molar-refractivity contribution < 1.29 is 9.18 Å². The fraction of sp³-hybridized carbons (Fsp3) is 0. The van der Waals surface area contributed by atoms with Crippen LogP contribution in [-0.2, 0) is 4.79 Å². The number of rotatable bonds is 3. The number of aliphatic imine (C=N–C) groups is 1. The summed E-state index contributed by atoms with van der Waals surface area (Å²) in [5, 5.41) is 0. The molecule has 28 heavy (non-hydrogen) atoms. The van der Waals surface area contributed by atoms with Crippen LogP contribution in [-0.4, -0.2) is 11.7 Å². The molecule has 0 aromatic heterocycles. The molecule has 138 valence electrons. The smallest absolute Gasteiger partial charge is 0.266 e. The third-order valence-corrected chi connectivity index (χ3v) is 5.28. The van der Waals surface area contributed by atoms with Crippen LogP contribution >= 0.6 is 31.9 Å². The molecule has 0 N–H and O–H groups in total. The number of halogens is 3. The lowest BCUT2D eigenvalue weighted by molar-refractivity contribution is -0.113. The summed E-state index contributed by atoms with van der Waals surface area (Å²) < 4.78 is 15.0. The Morgan fingerprint density at radius 1 is 0.821 bits per heavy atom. The van der Waals surface area contributed by atoms with E-state index < -0.39 is 0 Å². The summed E-state index contributed by atoms with van der Waals surface area (Å²) in [6.45, 7) is 0. The van der Waals surface area contributed by atoms with Gasteiger partial charge in [0.2, 0.25) is 0 Å². The number of hydrogen-bond donors (Lipinski definition) is 0. The van der Waals surface area contributed by atoms with Crippen molar-refractivity contribution in [2.75, 3.05) is 4.90 Å². The van der Waals surface area contributed by atoms with Gasteiger partial charge in [-0.15, -0.1) is 0 Å². The molecule has 0 fully saturated rings. The van der Waals surface area contributed by atoms with Crippen molar-refractivity contribution in [2.45, 2.75) is 0 Å². The molecule has 0 saturated heterocycles. The van der Waals surface area contributed by atoms with Gasteiger partial charge >= 0.3 is 0 Å². The number of hydrogen-bond acceptors (Lipinski definition) is 2. The zero-order valence-corrected chi connectivity index (χ0v) is 17.6. The highest BCUT2D eigenvalue weighted by molar-refractivity contribution is 9.10. The van der Waals surface area contributed by atoms with E-state index in [0.29, 0.717) is 17.1 Å². The molecule has 0 unspecified atom stereocenters. The first kappa shape index (κ1) is 18.8. The van der Waals surface area contributed by atoms with Gasteiger partial charge in [-0.05, 0) is 60.2 Å². The van der Waals surface area contributed by atoms with E-state index in [9.17, 15) is 9.18 Å². The molecule has 3 nitrogen and oxygen atoms in total. The van der Waals surface area contributed by atoms with Gasteiger partial charge in [0.15, 0.2) is 0 Å². The summed E-state index contributed by atoms with van der Waals surface area (Å²) in [6, 6.07) is 21.1. The Kier molecular flexibility index (Phi) is 5.24. The molecule has 1 heterocycles. The molecule has 1 aliphatic heterocycles. The first-order valence-electron chi connectivity index (χ1n) is 8.43. The Morgan fingerprint density at radius 2 is 1.39 bits per heavy atom. The number of amides is 1. The van der Waals surface area contributed by atoms with E-state index in [2.05, 4.69) is 36.9 Å². The van der Waals surface area contributed by atoms with Gasteiger partial charge in [0.25, 0.3) is 5.91 Å². The van der Waals surface area contributed by atoms with Crippen molar-refractivity contribution in [3.05, 3.63) is 104 Å². The number of benzene rings is 3. The lowest BCUT2D eigenvalue weighted by Crippen LogP contribution is -2.32. The van der Waals surface area contributed by atoms with Gasteiger partial charge < -0.3 is 0 Å². The quantitative estimate of drug-likeness (QED) is 0.396. The predicted molar refractivity (Wildman–Crippen MR) is 117 cm³/mol. The van der Waals surface area contributed by atoms with Crippen LogP contribution in [0.15, 0.2) is 92.4 Å². The average molecular weight is 500 g/mol. The Balaban J connectivity index is 1.81. The van der Waals surface area contributed by atoms with Gasteiger partial charge in [-0.3, -0.25) is 9.69 Å². The molecule has 3 aromatic carbocycles. The fourth-order valence-corrected chi connectivity index (χ4v) is 3.38. The highest BCUT2D eigenvalue weighted by Crippen LogP contribution is 2.29. The summed E-state index contributed by atoms with van der Waals surface area (Å²) in [6.07, 6.45) is 1.67. The summed E-state index contributed by atoms with van der Waals surface area (Å²) in [5.74, 6) is -0.00631. The van der Waals surface area contributed by atoms with Gasteiger partial charge in [0.05, 0.1) is 5.69 Å². The second kappa shape index (κ2) is 7.81. The number of carbonyl (C=O) groups excluding carboxylic acids is 1. The van der Waals surface area contributed by atoms with Crippen molar-refractivity contribution >= 4 is 55.4 Å². The molecule has 0 radical (unpaired) electrons. The second-order valence-electron chi connectivity index (χ2n) is 6.14. The lowest BCUT2D eigenvalue weighted by atomic mass is 10.1. The largest absolute Gasteiger partial charge is 0.282 e. The van der Waals surface area contributed by atoms with E-state index in [-0.39, 0.29) is 11.7 Å². The van der Waals surface area contributed by atoms with Crippen LogP contribution in [0.2, 0.25) is 0 Å². The van der Waals surface area contributed by atoms with Crippen molar-refractivity contribution in [3.63, 3.8) is 0 Å². The Hall–Kier alpha value is -2.57. The maximum atomic E-state index is 13.2. The van der Waals surface area contributed by atoms with Crippen LogP contribution in [0.25, 0.3) is 6.08 Å². The predicted octanol–water partition coefficient (Wildman–Crippen LogP) is 6.19. The first-order valence-corrected chi connectivity index (χ1v) is 10.0. The molecule has 0 bridgehead atoms. The van der Waals surface area contributed by atoms with E-state index >= 15 is 0 Å². The minimum atomic E-state index is -0.324. The van der Waals surface area contributed by atoms with Crippen LogP contribution in [0, 0.1) is 5.82 Å². The molecule has 1 aliphatic rings. The van der Waals surface area contributed by atoms with Crippen LogP contribution in [0.4, 0.5) is 10.1 Å². The van der Waals surface area contributed by atoms with Gasteiger partial charge in [-0.2, -0.15) is 0 Å². The summed E-state index contributed by atoms with van der Waals surface area (Å²) >= 11 is 6.85. The van der Waals surface area contributed by atoms with Crippen molar-refractivity contribution in [1.29, 1.82) is 0 Å². The first-order chi connectivity index (χ1) is 13.5. The van der Waals surface area contributed by atoms with Gasteiger partial charge in [-0.25, -0.2) is 9.38 Å². The SMILES string of the molecule is O=C1/C(=C\c2ccc(F)cc2)N=C(c2ccc(Br)cc2)N1c1ccc(Br)cc1. The summed E-state index contributed by atoms with van der Waals surface area (Å²) in [7, 11) is 0. The monoisotopic (exact) mass is 498 g/mol. The van der Waals surface area contributed by atoms with E-state index in [1.165, 1.54) is 12.1 Å². The van der Waals surface area contributed by atoms with E-state index in [4.69, 9.17) is 0 Å². The Bertz CT molecular complexity index is 1090. The van der Waals surface area contributed by atoms with Crippen molar-refractivity contribution in [3.8, 4) is 0 Å². The molecular weight excluding hydrogens is 487 g/mol. The molecular formula is C22H13Br2FN2O. The zero-order valence-electron chi connectivity index (χ0n) is 14.4. The maximum absolute atomic E-state index is 13.2. The Labute approximate surface area is 178 Å². The second-order valence-corrected chi connectivity index (χ2v) is 7.97. The standard InChI is InChI=1S/C22H13Br2FN2O/c23-16-5-3-15(4-6-16)21-26-20(13-14-1-9-18(25)10-2-14)22(28)27(21)19-11-7-17(24)8-12-19/h1-13H/b20-13+. The highest BCUT2D eigenvalue weighted by Gasteiger charge is 2.32.